The van der Waals surface area contributed by atoms with Crippen LogP contribution in [0.4, 0.5) is 13.2 Å². The van der Waals surface area contributed by atoms with Gasteiger partial charge in [-0.05, 0) is 49.7 Å². The second-order valence-electron chi connectivity index (χ2n) is 6.12. The Morgan fingerprint density at radius 3 is 2.33 bits per heavy atom. The first-order valence-electron chi connectivity index (χ1n) is 7.90. The topological polar surface area (TPSA) is 79.5 Å². The fraction of sp³-hybridized carbons (Fsp3) is 0.158. The Morgan fingerprint density at radius 1 is 1.07 bits per heavy atom. The Labute approximate surface area is 151 Å². The van der Waals surface area contributed by atoms with Crippen molar-refractivity contribution in [3.8, 4) is 5.75 Å². The number of carbonyl (C=O) groups is 2. The van der Waals surface area contributed by atoms with Gasteiger partial charge >= 0.3 is 5.97 Å². The van der Waals surface area contributed by atoms with Crippen LogP contribution < -0.4 is 0 Å². The monoisotopic (exact) mass is 377 g/mol. The molecular formula is C19H14F3NO4. The number of fused-ring (bicyclic) bond motifs is 1. The van der Waals surface area contributed by atoms with Crippen LogP contribution in [-0.4, -0.2) is 26.7 Å². The molecule has 0 aliphatic carbocycles. The summed E-state index contributed by atoms with van der Waals surface area (Å²) >= 11 is 0. The molecule has 0 aliphatic rings. The van der Waals surface area contributed by atoms with Crippen molar-refractivity contribution in [3.63, 3.8) is 0 Å². The van der Waals surface area contributed by atoms with Crippen molar-refractivity contribution in [1.82, 2.24) is 4.57 Å². The highest BCUT2D eigenvalue weighted by molar-refractivity contribution is 6.05. The van der Waals surface area contributed by atoms with Gasteiger partial charge in [-0.15, -0.1) is 0 Å². The summed E-state index contributed by atoms with van der Waals surface area (Å²) in [7, 11) is 0. The lowest BCUT2D eigenvalue weighted by Gasteiger charge is -2.09. The van der Waals surface area contributed by atoms with Crippen LogP contribution in [0, 0.1) is 24.4 Å². The Bertz CT molecular complexity index is 1100. The van der Waals surface area contributed by atoms with Gasteiger partial charge in [-0.2, -0.15) is 0 Å². The predicted octanol–water partition coefficient (Wildman–Crippen LogP) is 3.95. The normalized spacial score (nSPS) is 12.3. The van der Waals surface area contributed by atoms with Gasteiger partial charge in [0.25, 0.3) is 5.91 Å². The average molecular weight is 377 g/mol. The summed E-state index contributed by atoms with van der Waals surface area (Å²) in [5.41, 5.74) is -0.0430. The Morgan fingerprint density at radius 2 is 1.74 bits per heavy atom. The van der Waals surface area contributed by atoms with Crippen molar-refractivity contribution in [3.05, 3.63) is 64.6 Å². The van der Waals surface area contributed by atoms with Crippen molar-refractivity contribution in [2.45, 2.75) is 19.8 Å². The quantitative estimate of drug-likeness (QED) is 0.724. The van der Waals surface area contributed by atoms with Crippen LogP contribution in [0.3, 0.4) is 0 Å². The molecule has 3 rings (SSSR count). The average Bonchev–Trinajstić information content (AvgIpc) is 2.91. The van der Waals surface area contributed by atoms with E-state index in [1.54, 1.807) is 0 Å². The number of nitrogens with zero attached hydrogens (tertiary/aromatic N) is 1. The van der Waals surface area contributed by atoms with Crippen LogP contribution in [-0.2, 0) is 4.79 Å². The summed E-state index contributed by atoms with van der Waals surface area (Å²) in [5, 5.41) is 18.8. The number of hydrogen-bond donors (Lipinski definition) is 2. The third-order valence-corrected chi connectivity index (χ3v) is 4.51. The fourth-order valence-corrected chi connectivity index (χ4v) is 3.15. The van der Waals surface area contributed by atoms with Crippen molar-refractivity contribution < 1.29 is 33.0 Å². The number of carbonyl (C=O) groups excluding carboxylic acids is 1. The van der Waals surface area contributed by atoms with Crippen molar-refractivity contribution in [2.75, 3.05) is 0 Å². The summed E-state index contributed by atoms with van der Waals surface area (Å²) in [6, 6.07) is 4.86. The number of rotatable bonds is 3. The number of aromatic nitrogens is 1. The number of benzene rings is 2. The zero-order valence-electron chi connectivity index (χ0n) is 14.3. The number of phenols is 1. The highest BCUT2D eigenvalue weighted by Gasteiger charge is 2.29. The van der Waals surface area contributed by atoms with Gasteiger partial charge < -0.3 is 10.2 Å². The molecule has 5 nitrogen and oxygen atoms in total. The minimum atomic E-state index is -1.25. The Kier molecular flexibility index (Phi) is 4.43. The zero-order chi connectivity index (χ0) is 20.0. The van der Waals surface area contributed by atoms with E-state index in [0.717, 1.165) is 22.8 Å². The molecule has 0 aliphatic heterocycles. The van der Waals surface area contributed by atoms with Gasteiger partial charge in [-0.1, -0.05) is 0 Å². The molecule has 0 bridgehead atoms. The lowest BCUT2D eigenvalue weighted by Crippen LogP contribution is -2.15. The number of phenolic OH excluding ortho intramolecular Hbond substituents is 1. The molecule has 27 heavy (non-hydrogen) atoms. The van der Waals surface area contributed by atoms with E-state index in [-0.39, 0.29) is 27.7 Å². The highest BCUT2D eigenvalue weighted by atomic mass is 19.2. The second-order valence-corrected chi connectivity index (χ2v) is 6.12. The molecule has 2 N–H and O–H groups in total. The van der Waals surface area contributed by atoms with E-state index in [9.17, 15) is 33.0 Å². The van der Waals surface area contributed by atoms with Crippen molar-refractivity contribution in [1.29, 1.82) is 0 Å². The van der Waals surface area contributed by atoms with E-state index < -0.39 is 41.0 Å². The largest absolute Gasteiger partial charge is 0.505 e. The molecule has 0 radical (unpaired) electrons. The number of hydrogen-bond acceptors (Lipinski definition) is 3. The lowest BCUT2D eigenvalue weighted by molar-refractivity contribution is -0.138. The van der Waals surface area contributed by atoms with E-state index in [2.05, 4.69) is 0 Å². The first-order valence-corrected chi connectivity index (χ1v) is 7.90. The molecule has 1 unspecified atom stereocenters. The SMILES string of the molecule is Cc1c(C(C)C(=O)O)c2c(F)c(O)ccc2n1C(=O)c1ccc(F)c(F)c1. The molecule has 8 heteroatoms. The molecule has 0 saturated heterocycles. The van der Waals surface area contributed by atoms with Crippen LogP contribution in [0.25, 0.3) is 10.9 Å². The molecule has 1 heterocycles. The summed E-state index contributed by atoms with van der Waals surface area (Å²) in [4.78, 5) is 24.3. The first-order chi connectivity index (χ1) is 12.6. The molecule has 1 aromatic heterocycles. The van der Waals surface area contributed by atoms with Gasteiger partial charge in [0.1, 0.15) is 0 Å². The van der Waals surface area contributed by atoms with E-state index in [4.69, 9.17) is 0 Å². The molecule has 3 aromatic rings. The van der Waals surface area contributed by atoms with E-state index in [1.807, 2.05) is 0 Å². The molecule has 1 atom stereocenters. The molecule has 0 saturated carbocycles. The number of halogens is 3. The van der Waals surface area contributed by atoms with Crippen molar-refractivity contribution in [2.24, 2.45) is 0 Å². The first kappa shape index (κ1) is 18.5. The Hall–Kier alpha value is -3.29. The van der Waals surface area contributed by atoms with Crippen LogP contribution in [0.5, 0.6) is 5.75 Å². The predicted molar refractivity (Wildman–Crippen MR) is 90.4 cm³/mol. The third kappa shape index (κ3) is 2.83. The summed E-state index contributed by atoms with van der Waals surface area (Å²) in [6.45, 7) is 2.74. The van der Waals surface area contributed by atoms with E-state index in [1.165, 1.54) is 19.9 Å². The lowest BCUT2D eigenvalue weighted by atomic mass is 9.97. The highest BCUT2D eigenvalue weighted by Crippen LogP contribution is 2.37. The maximum atomic E-state index is 14.6. The molecule has 0 amide bonds. The molecule has 0 fully saturated rings. The number of aromatic hydroxyl groups is 1. The summed E-state index contributed by atoms with van der Waals surface area (Å²) in [6.07, 6.45) is 0. The van der Waals surface area contributed by atoms with Crippen molar-refractivity contribution >= 4 is 22.8 Å². The van der Waals surface area contributed by atoms with Gasteiger partial charge in [0, 0.05) is 16.6 Å². The zero-order valence-corrected chi connectivity index (χ0v) is 14.3. The molecular weight excluding hydrogens is 363 g/mol. The van der Waals surface area contributed by atoms with E-state index >= 15 is 0 Å². The Balaban J connectivity index is 2.35. The maximum Gasteiger partial charge on any atom is 0.310 e. The minimum Gasteiger partial charge on any atom is -0.505 e. The summed E-state index contributed by atoms with van der Waals surface area (Å²) in [5.74, 6) is -7.32. The van der Waals surface area contributed by atoms with Gasteiger partial charge in [0.15, 0.2) is 23.2 Å². The number of aliphatic carboxylic acids is 1. The standard InChI is InChI=1S/C19H14F3NO4/c1-8(19(26)27)15-9(2)23(13-5-6-14(24)17(22)16(13)15)18(25)10-3-4-11(20)12(21)7-10/h3-8,24H,1-2H3,(H,26,27). The van der Waals surface area contributed by atoms with Crippen LogP contribution >= 0.6 is 0 Å². The molecule has 140 valence electrons. The fourth-order valence-electron chi connectivity index (χ4n) is 3.15. The number of carboxylic acids is 1. The molecule has 2 aromatic carbocycles. The van der Waals surface area contributed by atoms with Crippen LogP contribution in [0.1, 0.15) is 34.5 Å². The second kappa shape index (κ2) is 6.46. The van der Waals surface area contributed by atoms with E-state index in [0.29, 0.717) is 6.07 Å². The minimum absolute atomic E-state index is 0.0145. The van der Waals surface area contributed by atoms with Crippen LogP contribution in [0.15, 0.2) is 30.3 Å². The van der Waals surface area contributed by atoms with Gasteiger partial charge in [0.05, 0.1) is 11.4 Å². The van der Waals surface area contributed by atoms with Gasteiger partial charge in [-0.25, -0.2) is 13.2 Å². The third-order valence-electron chi connectivity index (χ3n) is 4.51. The summed E-state index contributed by atoms with van der Waals surface area (Å²) < 4.78 is 42.3. The van der Waals surface area contributed by atoms with Gasteiger partial charge in [-0.3, -0.25) is 14.2 Å². The smallest absolute Gasteiger partial charge is 0.310 e. The molecule has 0 spiro atoms. The maximum absolute atomic E-state index is 14.6. The van der Waals surface area contributed by atoms with Gasteiger partial charge in [0.2, 0.25) is 0 Å². The van der Waals surface area contributed by atoms with Crippen LogP contribution in [0.2, 0.25) is 0 Å². The number of carboxylic acid groups (broad SMARTS) is 1.